The Morgan fingerprint density at radius 3 is 2.65 bits per heavy atom. The van der Waals surface area contributed by atoms with Crippen molar-refractivity contribution < 1.29 is 14.3 Å². The van der Waals surface area contributed by atoms with Gasteiger partial charge < -0.3 is 10.0 Å². The molecule has 1 aliphatic rings. The van der Waals surface area contributed by atoms with Crippen molar-refractivity contribution in [1.82, 2.24) is 4.90 Å². The number of phenols is 1. The number of benzene rings is 2. The molecule has 0 unspecified atom stereocenters. The fourth-order valence-corrected chi connectivity index (χ4v) is 2.59. The van der Waals surface area contributed by atoms with Crippen molar-refractivity contribution in [3.8, 4) is 16.9 Å². The zero-order valence-corrected chi connectivity index (χ0v) is 11.3. The Hall–Kier alpha value is -2.36. The minimum atomic E-state index is -0.674. The lowest BCUT2D eigenvalue weighted by molar-refractivity contribution is 0.0788. The summed E-state index contributed by atoms with van der Waals surface area (Å²) in [6.07, 6.45) is 0. The number of hydrogen-bond acceptors (Lipinski definition) is 2. The molecular weight excluding hydrogens is 257 g/mol. The van der Waals surface area contributed by atoms with Gasteiger partial charge in [-0.1, -0.05) is 17.7 Å². The van der Waals surface area contributed by atoms with E-state index in [1.807, 2.05) is 25.1 Å². The zero-order valence-electron chi connectivity index (χ0n) is 11.3. The van der Waals surface area contributed by atoms with E-state index in [1.54, 1.807) is 11.9 Å². The van der Waals surface area contributed by atoms with Gasteiger partial charge in [0.05, 0.1) is 0 Å². The van der Waals surface area contributed by atoms with Gasteiger partial charge in [0.1, 0.15) is 0 Å². The first-order valence-electron chi connectivity index (χ1n) is 6.35. The summed E-state index contributed by atoms with van der Waals surface area (Å²) in [5, 5.41) is 9.53. The van der Waals surface area contributed by atoms with Crippen LogP contribution in [0.1, 0.15) is 21.5 Å². The van der Waals surface area contributed by atoms with Gasteiger partial charge in [0.15, 0.2) is 11.6 Å². The molecule has 0 fully saturated rings. The normalized spacial score (nSPS) is 13.8. The monoisotopic (exact) mass is 271 g/mol. The topological polar surface area (TPSA) is 40.5 Å². The van der Waals surface area contributed by atoms with Gasteiger partial charge in [-0.05, 0) is 41.8 Å². The van der Waals surface area contributed by atoms with Gasteiger partial charge >= 0.3 is 0 Å². The molecule has 1 N–H and O–H groups in total. The summed E-state index contributed by atoms with van der Waals surface area (Å²) in [7, 11) is 1.70. The first-order chi connectivity index (χ1) is 9.47. The summed E-state index contributed by atoms with van der Waals surface area (Å²) in [5.74, 6) is -1.16. The Labute approximate surface area is 116 Å². The molecule has 0 aromatic heterocycles. The number of rotatable bonds is 0. The van der Waals surface area contributed by atoms with Crippen LogP contribution in [0.15, 0.2) is 30.3 Å². The van der Waals surface area contributed by atoms with E-state index in [0.717, 1.165) is 11.1 Å². The SMILES string of the molecule is Cc1ccc2c(c1)C(=O)N(C)Cc1cc(O)c(F)cc1-2. The number of aryl methyl sites for hydroxylation is 1. The molecule has 0 saturated carbocycles. The highest BCUT2D eigenvalue weighted by molar-refractivity contribution is 6.02. The van der Waals surface area contributed by atoms with Gasteiger partial charge in [0.2, 0.25) is 0 Å². The zero-order chi connectivity index (χ0) is 14.4. The summed E-state index contributed by atoms with van der Waals surface area (Å²) >= 11 is 0. The second kappa shape index (κ2) is 4.34. The van der Waals surface area contributed by atoms with Crippen molar-refractivity contribution >= 4 is 5.91 Å². The molecule has 0 bridgehead atoms. The standard InChI is InChI=1S/C16H14FNO2/c1-9-3-4-11-12-7-14(17)15(19)6-10(12)8-18(2)16(20)13(11)5-9/h3-7,19H,8H2,1-2H3. The van der Waals surface area contributed by atoms with Gasteiger partial charge in [0.25, 0.3) is 5.91 Å². The predicted molar refractivity (Wildman–Crippen MR) is 74.0 cm³/mol. The summed E-state index contributed by atoms with van der Waals surface area (Å²) < 4.78 is 13.7. The Morgan fingerprint density at radius 2 is 1.90 bits per heavy atom. The van der Waals surface area contributed by atoms with Crippen LogP contribution in [0.4, 0.5) is 4.39 Å². The van der Waals surface area contributed by atoms with Crippen LogP contribution < -0.4 is 0 Å². The summed E-state index contributed by atoms with van der Waals surface area (Å²) in [6.45, 7) is 2.26. The lowest BCUT2D eigenvalue weighted by Crippen LogP contribution is -2.24. The predicted octanol–water partition coefficient (Wildman–Crippen LogP) is 3.09. The molecule has 2 aromatic carbocycles. The Balaban J connectivity index is 2.35. The number of nitrogens with zero attached hydrogens (tertiary/aromatic N) is 1. The number of amides is 1. The van der Waals surface area contributed by atoms with Crippen LogP contribution in [-0.4, -0.2) is 23.0 Å². The van der Waals surface area contributed by atoms with Crippen molar-refractivity contribution in [1.29, 1.82) is 0 Å². The van der Waals surface area contributed by atoms with Crippen LogP contribution in [0.3, 0.4) is 0 Å². The minimum absolute atomic E-state index is 0.0974. The molecule has 4 heteroatoms. The van der Waals surface area contributed by atoms with Crippen molar-refractivity contribution in [3.63, 3.8) is 0 Å². The van der Waals surface area contributed by atoms with Gasteiger partial charge in [-0.3, -0.25) is 4.79 Å². The summed E-state index contributed by atoms with van der Waals surface area (Å²) in [4.78, 5) is 14.0. The molecule has 2 aromatic rings. The van der Waals surface area contributed by atoms with Crippen LogP contribution in [0.25, 0.3) is 11.1 Å². The van der Waals surface area contributed by atoms with Crippen LogP contribution in [0.2, 0.25) is 0 Å². The lowest BCUT2D eigenvalue weighted by atomic mass is 9.95. The van der Waals surface area contributed by atoms with Crippen molar-refractivity contribution in [2.24, 2.45) is 0 Å². The molecule has 20 heavy (non-hydrogen) atoms. The second-order valence-electron chi connectivity index (χ2n) is 5.17. The maximum atomic E-state index is 13.7. The number of halogens is 1. The van der Waals surface area contributed by atoms with Gasteiger partial charge in [0, 0.05) is 19.2 Å². The summed E-state index contributed by atoms with van der Waals surface area (Å²) in [6, 6.07) is 8.23. The maximum Gasteiger partial charge on any atom is 0.254 e. The molecular formula is C16H14FNO2. The summed E-state index contributed by atoms with van der Waals surface area (Å²) in [5.41, 5.74) is 3.65. The van der Waals surface area contributed by atoms with E-state index >= 15 is 0 Å². The number of hydrogen-bond donors (Lipinski definition) is 1. The van der Waals surface area contributed by atoms with E-state index in [4.69, 9.17) is 0 Å². The average Bonchev–Trinajstić information content (AvgIpc) is 2.49. The highest BCUT2D eigenvalue weighted by Crippen LogP contribution is 2.35. The molecule has 0 spiro atoms. The van der Waals surface area contributed by atoms with E-state index in [9.17, 15) is 14.3 Å². The van der Waals surface area contributed by atoms with Gasteiger partial charge in [-0.2, -0.15) is 0 Å². The van der Waals surface area contributed by atoms with E-state index in [1.165, 1.54) is 12.1 Å². The number of carbonyl (C=O) groups is 1. The van der Waals surface area contributed by atoms with Crippen molar-refractivity contribution in [2.75, 3.05) is 7.05 Å². The third-order valence-corrected chi connectivity index (χ3v) is 3.62. The fourth-order valence-electron chi connectivity index (χ4n) is 2.59. The van der Waals surface area contributed by atoms with E-state index in [0.29, 0.717) is 23.2 Å². The van der Waals surface area contributed by atoms with Crippen LogP contribution in [0.5, 0.6) is 5.75 Å². The van der Waals surface area contributed by atoms with Crippen LogP contribution in [0, 0.1) is 12.7 Å². The molecule has 0 saturated heterocycles. The van der Waals surface area contributed by atoms with E-state index in [-0.39, 0.29) is 11.7 Å². The highest BCUT2D eigenvalue weighted by atomic mass is 19.1. The first kappa shape index (κ1) is 12.7. The molecule has 0 atom stereocenters. The molecule has 102 valence electrons. The van der Waals surface area contributed by atoms with Crippen LogP contribution in [-0.2, 0) is 6.54 Å². The smallest absolute Gasteiger partial charge is 0.254 e. The molecule has 1 aliphatic heterocycles. The van der Waals surface area contributed by atoms with Crippen molar-refractivity contribution in [3.05, 3.63) is 52.8 Å². The minimum Gasteiger partial charge on any atom is -0.505 e. The molecule has 1 heterocycles. The molecule has 1 amide bonds. The number of phenolic OH excluding ortho intramolecular Hbond substituents is 1. The van der Waals surface area contributed by atoms with E-state index < -0.39 is 5.82 Å². The third kappa shape index (κ3) is 1.84. The number of fused-ring (bicyclic) bond motifs is 3. The number of aromatic hydroxyl groups is 1. The molecule has 0 radical (unpaired) electrons. The Bertz CT molecular complexity index is 725. The number of carbonyl (C=O) groups excluding carboxylic acids is 1. The average molecular weight is 271 g/mol. The third-order valence-electron chi connectivity index (χ3n) is 3.62. The quantitative estimate of drug-likeness (QED) is 0.800. The first-order valence-corrected chi connectivity index (χ1v) is 6.35. The Kier molecular flexibility index (Phi) is 2.74. The highest BCUT2D eigenvalue weighted by Gasteiger charge is 2.25. The van der Waals surface area contributed by atoms with Crippen molar-refractivity contribution in [2.45, 2.75) is 13.5 Å². The van der Waals surface area contributed by atoms with Gasteiger partial charge in [-0.25, -0.2) is 4.39 Å². The lowest BCUT2D eigenvalue weighted by Gasteiger charge is -2.15. The maximum absolute atomic E-state index is 13.7. The van der Waals surface area contributed by atoms with E-state index in [2.05, 4.69) is 0 Å². The second-order valence-corrected chi connectivity index (χ2v) is 5.17. The largest absolute Gasteiger partial charge is 0.505 e. The Morgan fingerprint density at radius 1 is 1.15 bits per heavy atom. The molecule has 0 aliphatic carbocycles. The molecule has 3 nitrogen and oxygen atoms in total. The van der Waals surface area contributed by atoms with Crippen LogP contribution >= 0.6 is 0 Å². The van der Waals surface area contributed by atoms with Gasteiger partial charge in [-0.15, -0.1) is 0 Å². The molecule has 3 rings (SSSR count). The fraction of sp³-hybridized carbons (Fsp3) is 0.188.